The number of hydrogen-bond donors (Lipinski definition) is 2. The van der Waals surface area contributed by atoms with Gasteiger partial charge in [-0.3, -0.25) is 9.78 Å². The van der Waals surface area contributed by atoms with Crippen LogP contribution >= 0.6 is 0 Å². The second kappa shape index (κ2) is 5.96. The molecule has 4 heteroatoms. The van der Waals surface area contributed by atoms with Crippen LogP contribution < -0.4 is 11.1 Å². The zero-order chi connectivity index (χ0) is 12.8. The molecule has 1 amide bonds. The highest BCUT2D eigenvalue weighted by Crippen LogP contribution is 2.39. The summed E-state index contributed by atoms with van der Waals surface area (Å²) in [6.07, 6.45) is 8.34. The zero-order valence-corrected chi connectivity index (χ0v) is 10.7. The molecular weight excluding hydrogens is 226 g/mol. The molecule has 1 saturated carbocycles. The van der Waals surface area contributed by atoms with Gasteiger partial charge >= 0.3 is 0 Å². The summed E-state index contributed by atoms with van der Waals surface area (Å²) in [4.78, 5) is 15.7. The van der Waals surface area contributed by atoms with E-state index < -0.39 is 0 Å². The van der Waals surface area contributed by atoms with Gasteiger partial charge in [0.25, 0.3) is 0 Å². The summed E-state index contributed by atoms with van der Waals surface area (Å²) >= 11 is 0. The van der Waals surface area contributed by atoms with E-state index in [2.05, 4.69) is 10.3 Å². The van der Waals surface area contributed by atoms with Crippen LogP contribution in [0.2, 0.25) is 0 Å². The summed E-state index contributed by atoms with van der Waals surface area (Å²) in [7, 11) is 0. The van der Waals surface area contributed by atoms with Gasteiger partial charge < -0.3 is 11.1 Å². The molecule has 1 heterocycles. The van der Waals surface area contributed by atoms with Crippen molar-refractivity contribution in [3.63, 3.8) is 0 Å². The first kappa shape index (κ1) is 13.0. The monoisotopic (exact) mass is 247 g/mol. The van der Waals surface area contributed by atoms with Crippen LogP contribution in [0, 0.1) is 5.41 Å². The Balaban J connectivity index is 1.69. The van der Waals surface area contributed by atoms with Crippen LogP contribution in [-0.2, 0) is 11.2 Å². The van der Waals surface area contributed by atoms with Crippen molar-refractivity contribution in [3.8, 4) is 0 Å². The summed E-state index contributed by atoms with van der Waals surface area (Å²) in [5.41, 5.74) is 7.10. The number of carbonyl (C=O) groups excluding carboxylic acids is 1. The van der Waals surface area contributed by atoms with Crippen LogP contribution in [0.25, 0.3) is 0 Å². The number of amides is 1. The van der Waals surface area contributed by atoms with E-state index in [-0.39, 0.29) is 11.3 Å². The Hall–Kier alpha value is -1.42. The van der Waals surface area contributed by atoms with Crippen molar-refractivity contribution < 1.29 is 4.79 Å². The van der Waals surface area contributed by atoms with Crippen LogP contribution in [0.15, 0.2) is 24.5 Å². The van der Waals surface area contributed by atoms with E-state index in [1.807, 2.05) is 12.1 Å². The molecule has 0 atom stereocenters. The van der Waals surface area contributed by atoms with E-state index in [0.29, 0.717) is 13.0 Å². The van der Waals surface area contributed by atoms with Crippen molar-refractivity contribution >= 4 is 5.91 Å². The number of aryl methyl sites for hydroxylation is 1. The fourth-order valence-electron chi connectivity index (χ4n) is 2.31. The summed E-state index contributed by atoms with van der Waals surface area (Å²) in [6, 6.07) is 3.89. The second-order valence-corrected chi connectivity index (χ2v) is 5.19. The third-order valence-corrected chi connectivity index (χ3v) is 3.90. The van der Waals surface area contributed by atoms with Gasteiger partial charge in [0, 0.05) is 25.4 Å². The van der Waals surface area contributed by atoms with E-state index in [9.17, 15) is 4.79 Å². The van der Waals surface area contributed by atoms with E-state index >= 15 is 0 Å². The molecule has 0 bridgehead atoms. The molecule has 1 fully saturated rings. The molecule has 0 unspecified atom stereocenters. The minimum atomic E-state index is 0.117. The average molecular weight is 247 g/mol. The molecule has 1 aliphatic carbocycles. The highest BCUT2D eigenvalue weighted by molar-refractivity contribution is 5.76. The number of nitrogens with one attached hydrogen (secondary N) is 1. The fourth-order valence-corrected chi connectivity index (χ4v) is 2.31. The lowest BCUT2D eigenvalue weighted by molar-refractivity contribution is -0.121. The molecule has 0 aliphatic heterocycles. The average Bonchev–Trinajstić information content (AvgIpc) is 2.37. The molecule has 3 N–H and O–H groups in total. The lowest BCUT2D eigenvalue weighted by Gasteiger charge is -2.41. The third-order valence-electron chi connectivity index (χ3n) is 3.90. The molecule has 0 aromatic carbocycles. The Kier molecular flexibility index (Phi) is 4.31. The normalized spacial score (nSPS) is 16.9. The standard InChI is InChI=1S/C14H21N3O/c15-10-14(6-1-7-14)11-17-13(18)3-2-12-4-8-16-9-5-12/h4-5,8-9H,1-3,6-7,10-11,15H2,(H,17,18). The molecule has 1 aliphatic rings. The van der Waals surface area contributed by atoms with Crippen molar-refractivity contribution in [1.29, 1.82) is 0 Å². The van der Waals surface area contributed by atoms with Gasteiger partial charge in [-0.05, 0) is 48.9 Å². The molecule has 0 radical (unpaired) electrons. The van der Waals surface area contributed by atoms with Crippen LogP contribution in [0.4, 0.5) is 0 Å². The molecular formula is C14H21N3O. The summed E-state index contributed by atoms with van der Waals surface area (Å²) in [5.74, 6) is 0.117. The first-order valence-corrected chi connectivity index (χ1v) is 6.60. The minimum absolute atomic E-state index is 0.117. The lowest BCUT2D eigenvalue weighted by Crippen LogP contribution is -2.46. The van der Waals surface area contributed by atoms with Gasteiger partial charge in [0.2, 0.25) is 5.91 Å². The van der Waals surface area contributed by atoms with Crippen LogP contribution in [0.1, 0.15) is 31.2 Å². The maximum atomic E-state index is 11.8. The SMILES string of the molecule is NCC1(CNC(=O)CCc2ccncc2)CCC1. The number of hydrogen-bond acceptors (Lipinski definition) is 3. The number of aromatic nitrogens is 1. The number of nitrogens with zero attached hydrogens (tertiary/aromatic N) is 1. The first-order valence-electron chi connectivity index (χ1n) is 6.60. The number of nitrogens with two attached hydrogens (primary N) is 1. The Morgan fingerprint density at radius 1 is 1.39 bits per heavy atom. The molecule has 1 aromatic heterocycles. The van der Waals surface area contributed by atoms with Gasteiger partial charge in [0.15, 0.2) is 0 Å². The van der Waals surface area contributed by atoms with Gasteiger partial charge in [-0.2, -0.15) is 0 Å². The fraction of sp³-hybridized carbons (Fsp3) is 0.571. The molecule has 4 nitrogen and oxygen atoms in total. The molecule has 2 rings (SSSR count). The second-order valence-electron chi connectivity index (χ2n) is 5.19. The molecule has 18 heavy (non-hydrogen) atoms. The van der Waals surface area contributed by atoms with Gasteiger partial charge in [-0.25, -0.2) is 0 Å². The Morgan fingerprint density at radius 2 is 2.11 bits per heavy atom. The molecule has 98 valence electrons. The molecule has 1 aromatic rings. The van der Waals surface area contributed by atoms with Crippen molar-refractivity contribution in [3.05, 3.63) is 30.1 Å². The molecule has 0 spiro atoms. The number of rotatable bonds is 6. The summed E-state index contributed by atoms with van der Waals surface area (Å²) in [6.45, 7) is 1.41. The summed E-state index contributed by atoms with van der Waals surface area (Å²) < 4.78 is 0. The Labute approximate surface area is 108 Å². The third kappa shape index (κ3) is 3.29. The minimum Gasteiger partial charge on any atom is -0.355 e. The van der Waals surface area contributed by atoms with E-state index in [1.54, 1.807) is 12.4 Å². The van der Waals surface area contributed by atoms with E-state index in [4.69, 9.17) is 5.73 Å². The van der Waals surface area contributed by atoms with Gasteiger partial charge in [-0.1, -0.05) is 6.42 Å². The quantitative estimate of drug-likeness (QED) is 0.795. The van der Waals surface area contributed by atoms with E-state index in [1.165, 1.54) is 6.42 Å². The maximum absolute atomic E-state index is 11.8. The van der Waals surface area contributed by atoms with Gasteiger partial charge in [0.1, 0.15) is 0 Å². The maximum Gasteiger partial charge on any atom is 0.220 e. The Morgan fingerprint density at radius 3 is 2.67 bits per heavy atom. The molecule has 0 saturated heterocycles. The van der Waals surface area contributed by atoms with Crippen LogP contribution in [-0.4, -0.2) is 24.0 Å². The van der Waals surface area contributed by atoms with Crippen molar-refractivity contribution in [2.45, 2.75) is 32.1 Å². The zero-order valence-electron chi connectivity index (χ0n) is 10.7. The first-order chi connectivity index (χ1) is 8.74. The summed E-state index contributed by atoms with van der Waals surface area (Å²) in [5, 5.41) is 3.01. The van der Waals surface area contributed by atoms with Crippen molar-refractivity contribution in [2.24, 2.45) is 11.1 Å². The smallest absolute Gasteiger partial charge is 0.220 e. The predicted molar refractivity (Wildman–Crippen MR) is 70.9 cm³/mol. The lowest BCUT2D eigenvalue weighted by atomic mass is 9.69. The van der Waals surface area contributed by atoms with Gasteiger partial charge in [0.05, 0.1) is 0 Å². The van der Waals surface area contributed by atoms with Gasteiger partial charge in [-0.15, -0.1) is 0 Å². The number of carbonyl (C=O) groups is 1. The highest BCUT2D eigenvalue weighted by atomic mass is 16.1. The largest absolute Gasteiger partial charge is 0.355 e. The van der Waals surface area contributed by atoms with Crippen LogP contribution in [0.3, 0.4) is 0 Å². The predicted octanol–water partition coefficient (Wildman–Crippen LogP) is 1.26. The Bertz CT molecular complexity index is 382. The highest BCUT2D eigenvalue weighted by Gasteiger charge is 2.35. The van der Waals surface area contributed by atoms with Crippen LogP contribution in [0.5, 0.6) is 0 Å². The topological polar surface area (TPSA) is 68.0 Å². The van der Waals surface area contributed by atoms with Crippen molar-refractivity contribution in [2.75, 3.05) is 13.1 Å². The van der Waals surface area contributed by atoms with Crippen molar-refractivity contribution in [1.82, 2.24) is 10.3 Å². The number of pyridine rings is 1. The van der Waals surface area contributed by atoms with E-state index in [0.717, 1.165) is 31.4 Å².